The van der Waals surface area contributed by atoms with Crippen molar-refractivity contribution in [1.29, 1.82) is 0 Å². The van der Waals surface area contributed by atoms with Gasteiger partial charge >= 0.3 is 0 Å². The van der Waals surface area contributed by atoms with Crippen LogP contribution in [0.3, 0.4) is 0 Å². The average molecular weight is 296 g/mol. The summed E-state index contributed by atoms with van der Waals surface area (Å²) in [5, 5.41) is 0. The van der Waals surface area contributed by atoms with Crippen LogP contribution in [0.5, 0.6) is 11.5 Å². The van der Waals surface area contributed by atoms with Crippen molar-refractivity contribution in [2.24, 2.45) is 0 Å². The van der Waals surface area contributed by atoms with Crippen LogP contribution in [0.25, 0.3) is 0 Å². The van der Waals surface area contributed by atoms with E-state index in [-0.39, 0.29) is 5.78 Å². The predicted molar refractivity (Wildman–Crippen MR) is 85.9 cm³/mol. The van der Waals surface area contributed by atoms with Gasteiger partial charge in [-0.05, 0) is 61.6 Å². The Hall–Kier alpha value is -2.29. The molecule has 0 aliphatic heterocycles. The maximum atomic E-state index is 11.5. The molecular weight excluding hydrogens is 276 g/mol. The number of Topliss-reactive ketones (excluding diaryl/α,β-unsaturated/α-hetero) is 1. The van der Waals surface area contributed by atoms with Crippen molar-refractivity contribution in [3.05, 3.63) is 59.2 Å². The third kappa shape index (κ3) is 3.30. The van der Waals surface area contributed by atoms with Crippen molar-refractivity contribution in [1.82, 2.24) is 0 Å². The van der Waals surface area contributed by atoms with E-state index in [0.29, 0.717) is 24.5 Å². The molecule has 3 nitrogen and oxygen atoms in total. The number of rotatable bonds is 6. The van der Waals surface area contributed by atoms with Crippen LogP contribution in [0.1, 0.15) is 34.8 Å². The minimum absolute atomic E-state index is 0.00939. The van der Waals surface area contributed by atoms with Gasteiger partial charge in [-0.1, -0.05) is 18.2 Å². The molecule has 0 unspecified atom stereocenters. The number of benzene rings is 2. The SMILES string of the molecule is CC(=O)c1ccccc1OCCOc1ccc2c(c1)CCC2. The van der Waals surface area contributed by atoms with Gasteiger partial charge in [0.1, 0.15) is 24.7 Å². The lowest BCUT2D eigenvalue weighted by atomic mass is 10.1. The van der Waals surface area contributed by atoms with Crippen LogP contribution in [0, 0.1) is 0 Å². The van der Waals surface area contributed by atoms with Gasteiger partial charge in [0.05, 0.1) is 5.56 Å². The largest absolute Gasteiger partial charge is 0.490 e. The molecule has 2 aromatic rings. The lowest BCUT2D eigenvalue weighted by Crippen LogP contribution is -2.10. The van der Waals surface area contributed by atoms with Crippen molar-refractivity contribution >= 4 is 5.78 Å². The third-order valence-corrected chi connectivity index (χ3v) is 3.95. The summed E-state index contributed by atoms with van der Waals surface area (Å²) in [4.78, 5) is 11.5. The van der Waals surface area contributed by atoms with Crippen LogP contribution in [0.2, 0.25) is 0 Å². The summed E-state index contributed by atoms with van der Waals surface area (Å²) >= 11 is 0. The van der Waals surface area contributed by atoms with Crippen LogP contribution in [0.4, 0.5) is 0 Å². The lowest BCUT2D eigenvalue weighted by Gasteiger charge is -2.11. The van der Waals surface area contributed by atoms with E-state index in [2.05, 4.69) is 12.1 Å². The Balaban J connectivity index is 1.53. The van der Waals surface area contributed by atoms with Gasteiger partial charge in [0.25, 0.3) is 0 Å². The van der Waals surface area contributed by atoms with Crippen molar-refractivity contribution < 1.29 is 14.3 Å². The van der Waals surface area contributed by atoms with E-state index in [0.717, 1.165) is 12.2 Å². The van der Waals surface area contributed by atoms with Gasteiger partial charge in [-0.15, -0.1) is 0 Å². The molecule has 22 heavy (non-hydrogen) atoms. The highest BCUT2D eigenvalue weighted by Crippen LogP contribution is 2.26. The van der Waals surface area contributed by atoms with Gasteiger partial charge in [0.15, 0.2) is 5.78 Å². The predicted octanol–water partition coefficient (Wildman–Crippen LogP) is 3.84. The number of para-hydroxylation sites is 1. The molecule has 0 atom stereocenters. The van der Waals surface area contributed by atoms with Crippen molar-refractivity contribution in [3.8, 4) is 11.5 Å². The molecule has 0 spiro atoms. The molecule has 1 aliphatic rings. The normalized spacial score (nSPS) is 12.8. The fourth-order valence-electron chi connectivity index (χ4n) is 2.83. The Kier molecular flexibility index (Phi) is 4.42. The van der Waals surface area contributed by atoms with Gasteiger partial charge in [-0.3, -0.25) is 4.79 Å². The number of fused-ring (bicyclic) bond motifs is 1. The van der Waals surface area contributed by atoms with Gasteiger partial charge in [-0.2, -0.15) is 0 Å². The molecule has 0 saturated carbocycles. The molecular formula is C19H20O3. The minimum Gasteiger partial charge on any atom is -0.490 e. The topological polar surface area (TPSA) is 35.5 Å². The van der Waals surface area contributed by atoms with E-state index in [1.165, 1.54) is 24.0 Å². The van der Waals surface area contributed by atoms with Crippen LogP contribution in [0.15, 0.2) is 42.5 Å². The molecule has 0 amide bonds. The number of carbonyl (C=O) groups excluding carboxylic acids is 1. The Morgan fingerprint density at radius 3 is 2.64 bits per heavy atom. The number of hydrogen-bond acceptors (Lipinski definition) is 3. The molecule has 0 bridgehead atoms. The third-order valence-electron chi connectivity index (χ3n) is 3.95. The molecule has 0 heterocycles. The molecule has 3 heteroatoms. The molecule has 0 saturated heterocycles. The number of carbonyl (C=O) groups is 1. The van der Waals surface area contributed by atoms with Crippen LogP contribution >= 0.6 is 0 Å². The summed E-state index contributed by atoms with van der Waals surface area (Å²) in [6.45, 7) is 2.43. The Morgan fingerprint density at radius 2 is 1.77 bits per heavy atom. The summed E-state index contributed by atoms with van der Waals surface area (Å²) in [6, 6.07) is 13.6. The fraction of sp³-hybridized carbons (Fsp3) is 0.316. The van der Waals surface area contributed by atoms with Gasteiger partial charge < -0.3 is 9.47 Å². The number of hydrogen-bond donors (Lipinski definition) is 0. The highest BCUT2D eigenvalue weighted by molar-refractivity contribution is 5.96. The maximum Gasteiger partial charge on any atom is 0.163 e. The lowest BCUT2D eigenvalue weighted by molar-refractivity contribution is 0.101. The van der Waals surface area contributed by atoms with Gasteiger partial charge in [0.2, 0.25) is 0 Å². The molecule has 0 radical (unpaired) electrons. The fourth-order valence-corrected chi connectivity index (χ4v) is 2.83. The summed E-state index contributed by atoms with van der Waals surface area (Å²) < 4.78 is 11.4. The maximum absolute atomic E-state index is 11.5. The van der Waals surface area contributed by atoms with E-state index in [1.54, 1.807) is 13.0 Å². The van der Waals surface area contributed by atoms with Crippen LogP contribution in [-0.4, -0.2) is 19.0 Å². The molecule has 0 N–H and O–H groups in total. The van der Waals surface area contributed by atoms with Crippen molar-refractivity contribution in [3.63, 3.8) is 0 Å². The Morgan fingerprint density at radius 1 is 1.00 bits per heavy atom. The standard InChI is InChI=1S/C19H20O3/c1-14(20)18-7-2-3-8-19(18)22-12-11-21-17-10-9-15-5-4-6-16(15)13-17/h2-3,7-10,13H,4-6,11-12H2,1H3. The number of ether oxygens (including phenoxy) is 2. The first kappa shape index (κ1) is 14.6. The zero-order chi connectivity index (χ0) is 15.4. The van der Waals surface area contributed by atoms with E-state index in [1.807, 2.05) is 24.3 Å². The second-order valence-corrected chi connectivity index (χ2v) is 5.53. The van der Waals surface area contributed by atoms with E-state index in [4.69, 9.17) is 9.47 Å². The molecule has 1 aliphatic carbocycles. The van der Waals surface area contributed by atoms with Gasteiger partial charge in [0, 0.05) is 0 Å². The first-order valence-corrected chi connectivity index (χ1v) is 7.71. The average Bonchev–Trinajstić information content (AvgIpc) is 2.99. The summed E-state index contributed by atoms with van der Waals surface area (Å²) in [5.74, 6) is 1.52. The molecule has 114 valence electrons. The summed E-state index contributed by atoms with van der Waals surface area (Å²) in [5.41, 5.74) is 3.46. The quantitative estimate of drug-likeness (QED) is 0.600. The summed E-state index contributed by atoms with van der Waals surface area (Å²) in [6.07, 6.45) is 3.57. The second-order valence-electron chi connectivity index (χ2n) is 5.53. The Bertz CT molecular complexity index is 676. The Labute approximate surface area is 130 Å². The zero-order valence-corrected chi connectivity index (χ0v) is 12.8. The van der Waals surface area contributed by atoms with E-state index in [9.17, 15) is 4.79 Å². The highest BCUT2D eigenvalue weighted by atomic mass is 16.5. The van der Waals surface area contributed by atoms with Crippen LogP contribution in [-0.2, 0) is 12.8 Å². The molecule has 0 fully saturated rings. The highest BCUT2D eigenvalue weighted by Gasteiger charge is 2.11. The summed E-state index contributed by atoms with van der Waals surface area (Å²) in [7, 11) is 0. The van der Waals surface area contributed by atoms with Crippen molar-refractivity contribution in [2.75, 3.05) is 13.2 Å². The van der Waals surface area contributed by atoms with E-state index < -0.39 is 0 Å². The minimum atomic E-state index is 0.00939. The molecule has 3 rings (SSSR count). The zero-order valence-electron chi connectivity index (χ0n) is 12.8. The first-order valence-electron chi connectivity index (χ1n) is 7.71. The number of aryl methyl sites for hydroxylation is 2. The smallest absolute Gasteiger partial charge is 0.163 e. The molecule has 0 aromatic heterocycles. The van der Waals surface area contributed by atoms with E-state index >= 15 is 0 Å². The number of ketones is 1. The monoisotopic (exact) mass is 296 g/mol. The van der Waals surface area contributed by atoms with Crippen LogP contribution < -0.4 is 9.47 Å². The van der Waals surface area contributed by atoms with Crippen molar-refractivity contribution in [2.45, 2.75) is 26.2 Å². The molecule has 2 aromatic carbocycles. The second kappa shape index (κ2) is 6.65. The van der Waals surface area contributed by atoms with Gasteiger partial charge in [-0.25, -0.2) is 0 Å². The first-order chi connectivity index (χ1) is 10.7.